The lowest BCUT2D eigenvalue weighted by molar-refractivity contribution is -0.137. The van der Waals surface area contributed by atoms with Crippen LogP contribution in [0.3, 0.4) is 0 Å². The first kappa shape index (κ1) is 19.4. The first-order valence-corrected chi connectivity index (χ1v) is 9.37. The maximum absolute atomic E-state index is 12.5. The van der Waals surface area contributed by atoms with E-state index in [2.05, 4.69) is 10.5 Å². The molecule has 1 aliphatic heterocycles. The smallest absolute Gasteiger partial charge is 0.273 e. The summed E-state index contributed by atoms with van der Waals surface area (Å²) in [5.74, 6) is -0.926. The summed E-state index contributed by atoms with van der Waals surface area (Å²) in [7, 11) is -3.35. The van der Waals surface area contributed by atoms with Crippen LogP contribution < -0.4 is 5.43 Å². The number of hydrazone groups is 1. The van der Waals surface area contributed by atoms with E-state index in [0.29, 0.717) is 24.9 Å². The fraction of sp³-hybridized carbons (Fsp3) is 0.467. The van der Waals surface area contributed by atoms with Crippen molar-refractivity contribution in [3.63, 3.8) is 0 Å². The first-order valence-electron chi connectivity index (χ1n) is 7.52. The molecule has 138 valence electrons. The van der Waals surface area contributed by atoms with E-state index in [1.165, 1.54) is 22.7 Å². The van der Waals surface area contributed by atoms with Gasteiger partial charge in [0.1, 0.15) is 0 Å². The van der Waals surface area contributed by atoms with Crippen molar-refractivity contribution in [1.82, 2.24) is 9.73 Å². The lowest BCUT2D eigenvalue weighted by Gasteiger charge is -2.29. The van der Waals surface area contributed by atoms with E-state index >= 15 is 0 Å². The number of hydrogen-bond acceptors (Lipinski definition) is 4. The minimum atomic E-state index is -4.41. The number of nitrogens with zero attached hydrogens (tertiary/aromatic N) is 2. The van der Waals surface area contributed by atoms with Crippen molar-refractivity contribution in [2.24, 2.45) is 11.0 Å². The molecular weight excluding hydrogens is 359 g/mol. The summed E-state index contributed by atoms with van der Waals surface area (Å²) < 4.78 is 61.7. The molecule has 1 N–H and O–H groups in total. The van der Waals surface area contributed by atoms with E-state index in [-0.39, 0.29) is 6.54 Å². The minimum absolute atomic E-state index is 0.0977. The van der Waals surface area contributed by atoms with Crippen LogP contribution in [0.4, 0.5) is 13.2 Å². The van der Waals surface area contributed by atoms with E-state index in [1.54, 1.807) is 0 Å². The van der Waals surface area contributed by atoms with Gasteiger partial charge in [0.2, 0.25) is 15.9 Å². The molecule has 0 saturated carbocycles. The van der Waals surface area contributed by atoms with Gasteiger partial charge in [-0.25, -0.2) is 18.1 Å². The van der Waals surface area contributed by atoms with E-state index in [0.717, 1.165) is 18.4 Å². The third kappa shape index (κ3) is 5.53. The minimum Gasteiger partial charge on any atom is -0.273 e. The molecule has 1 saturated heterocycles. The van der Waals surface area contributed by atoms with Crippen LogP contribution in [0.15, 0.2) is 29.4 Å². The van der Waals surface area contributed by atoms with Gasteiger partial charge >= 0.3 is 6.18 Å². The molecule has 6 nitrogen and oxygen atoms in total. The normalized spacial score (nSPS) is 19.9. The highest BCUT2D eigenvalue weighted by Gasteiger charge is 2.30. The Bertz CT molecular complexity index is 746. The zero-order valence-corrected chi connectivity index (χ0v) is 14.3. The maximum atomic E-state index is 12.5. The standard InChI is InChI=1S/C15H18F3N3O3S/c1-25(23,24)21-8-2-3-12(10-21)14(22)20-19-9-11-4-6-13(7-5-11)15(16,17)18/h4-7,9,12H,2-3,8,10H2,1H3,(H,20,22). The van der Waals surface area contributed by atoms with Crippen LogP contribution >= 0.6 is 0 Å². The van der Waals surface area contributed by atoms with Gasteiger partial charge in [0.25, 0.3) is 0 Å². The fourth-order valence-corrected chi connectivity index (χ4v) is 3.39. The Hall–Kier alpha value is -1.94. The molecule has 1 unspecified atom stereocenters. The number of halogens is 3. The molecule has 1 heterocycles. The summed E-state index contributed by atoms with van der Waals surface area (Å²) in [6, 6.07) is 4.33. The van der Waals surface area contributed by atoms with Crippen LogP contribution in [0.1, 0.15) is 24.0 Å². The first-order chi connectivity index (χ1) is 11.6. The molecule has 1 amide bonds. The molecule has 1 aromatic carbocycles. The number of alkyl halides is 3. The topological polar surface area (TPSA) is 78.8 Å². The number of carbonyl (C=O) groups is 1. The van der Waals surface area contributed by atoms with Crippen LogP contribution in [0.25, 0.3) is 0 Å². The van der Waals surface area contributed by atoms with Gasteiger partial charge in [-0.3, -0.25) is 4.79 Å². The van der Waals surface area contributed by atoms with Crippen molar-refractivity contribution < 1.29 is 26.4 Å². The molecule has 1 atom stereocenters. The molecular formula is C15H18F3N3O3S. The SMILES string of the molecule is CS(=O)(=O)N1CCCC(C(=O)NN=Cc2ccc(C(F)(F)F)cc2)C1. The highest BCUT2D eigenvalue weighted by atomic mass is 32.2. The van der Waals surface area contributed by atoms with E-state index in [9.17, 15) is 26.4 Å². The van der Waals surface area contributed by atoms with Crippen molar-refractivity contribution in [2.45, 2.75) is 19.0 Å². The van der Waals surface area contributed by atoms with Crippen molar-refractivity contribution in [3.05, 3.63) is 35.4 Å². The van der Waals surface area contributed by atoms with Crippen LogP contribution in [0.5, 0.6) is 0 Å². The Morgan fingerprint density at radius 1 is 1.32 bits per heavy atom. The van der Waals surface area contributed by atoms with Gasteiger partial charge in [0.15, 0.2) is 0 Å². The Morgan fingerprint density at radius 3 is 2.52 bits per heavy atom. The molecule has 0 radical (unpaired) electrons. The maximum Gasteiger partial charge on any atom is 0.416 e. The van der Waals surface area contributed by atoms with E-state index in [1.807, 2.05) is 0 Å². The highest BCUT2D eigenvalue weighted by molar-refractivity contribution is 7.88. The number of nitrogens with one attached hydrogen (secondary N) is 1. The summed E-state index contributed by atoms with van der Waals surface area (Å²) in [6.45, 7) is 0.484. The highest BCUT2D eigenvalue weighted by Crippen LogP contribution is 2.28. The molecule has 1 fully saturated rings. The number of rotatable bonds is 4. The second-order valence-electron chi connectivity index (χ2n) is 5.81. The molecule has 1 aliphatic rings. The lowest BCUT2D eigenvalue weighted by atomic mass is 9.99. The number of carbonyl (C=O) groups excluding carboxylic acids is 1. The third-order valence-corrected chi connectivity index (χ3v) is 5.12. The molecule has 2 rings (SSSR count). The monoisotopic (exact) mass is 377 g/mol. The molecule has 0 aliphatic carbocycles. The second kappa shape index (κ2) is 7.52. The van der Waals surface area contributed by atoms with Gasteiger partial charge in [-0.05, 0) is 30.5 Å². The Kier molecular flexibility index (Phi) is 5.83. The summed E-state index contributed by atoms with van der Waals surface area (Å²) in [6.07, 6.45) is -0.955. The average molecular weight is 377 g/mol. The molecule has 0 aromatic heterocycles. The number of amides is 1. The Morgan fingerprint density at radius 2 is 1.96 bits per heavy atom. The van der Waals surface area contributed by atoms with E-state index < -0.39 is 33.6 Å². The average Bonchev–Trinajstić information content (AvgIpc) is 2.54. The van der Waals surface area contributed by atoms with Crippen LogP contribution in [0.2, 0.25) is 0 Å². The van der Waals surface area contributed by atoms with E-state index in [4.69, 9.17) is 0 Å². The number of hydrogen-bond donors (Lipinski definition) is 1. The van der Waals surface area contributed by atoms with Crippen molar-refractivity contribution in [1.29, 1.82) is 0 Å². The largest absolute Gasteiger partial charge is 0.416 e. The number of benzene rings is 1. The van der Waals surface area contributed by atoms with Gasteiger partial charge in [-0.1, -0.05) is 12.1 Å². The van der Waals surface area contributed by atoms with Gasteiger partial charge in [0.05, 0.1) is 24.0 Å². The second-order valence-corrected chi connectivity index (χ2v) is 7.80. The fourth-order valence-electron chi connectivity index (χ4n) is 2.48. The van der Waals surface area contributed by atoms with Gasteiger partial charge in [0, 0.05) is 13.1 Å². The van der Waals surface area contributed by atoms with Crippen LogP contribution in [-0.2, 0) is 21.0 Å². The number of sulfonamides is 1. The summed E-state index contributed by atoms with van der Waals surface area (Å²) in [5.41, 5.74) is 1.94. The van der Waals surface area contributed by atoms with Crippen LogP contribution in [0, 0.1) is 5.92 Å². The summed E-state index contributed by atoms with van der Waals surface area (Å²) in [5, 5.41) is 3.72. The summed E-state index contributed by atoms with van der Waals surface area (Å²) in [4.78, 5) is 12.1. The van der Waals surface area contributed by atoms with Crippen molar-refractivity contribution in [2.75, 3.05) is 19.3 Å². The van der Waals surface area contributed by atoms with Gasteiger partial charge < -0.3 is 0 Å². The molecule has 25 heavy (non-hydrogen) atoms. The van der Waals surface area contributed by atoms with Gasteiger partial charge in [-0.15, -0.1) is 0 Å². The quantitative estimate of drug-likeness (QED) is 0.642. The summed E-state index contributed by atoms with van der Waals surface area (Å²) >= 11 is 0. The van der Waals surface area contributed by atoms with Crippen LogP contribution in [-0.4, -0.2) is 44.2 Å². The Labute approximate surface area is 143 Å². The van der Waals surface area contributed by atoms with Crippen molar-refractivity contribution in [3.8, 4) is 0 Å². The predicted octanol–water partition coefficient (Wildman–Crippen LogP) is 1.83. The number of piperidine rings is 1. The Balaban J connectivity index is 1.92. The third-order valence-electron chi connectivity index (χ3n) is 3.85. The lowest BCUT2D eigenvalue weighted by Crippen LogP contribution is -2.44. The predicted molar refractivity (Wildman–Crippen MR) is 86.3 cm³/mol. The zero-order chi connectivity index (χ0) is 18.7. The molecule has 0 spiro atoms. The van der Waals surface area contributed by atoms with Gasteiger partial charge in [-0.2, -0.15) is 18.3 Å². The molecule has 10 heteroatoms. The molecule has 0 bridgehead atoms. The van der Waals surface area contributed by atoms with Crippen molar-refractivity contribution >= 4 is 22.1 Å². The molecule has 1 aromatic rings. The zero-order valence-electron chi connectivity index (χ0n) is 13.5.